The second-order valence-corrected chi connectivity index (χ2v) is 3.43. The predicted octanol–water partition coefficient (Wildman–Crippen LogP) is 1.06. The lowest BCUT2D eigenvalue weighted by atomic mass is 9.93. The van der Waals surface area contributed by atoms with Gasteiger partial charge >= 0.3 is 0 Å². The summed E-state index contributed by atoms with van der Waals surface area (Å²) in [6, 6.07) is 0. The molecular formula is C9H9NO2. The first-order chi connectivity index (χ1) is 5.81. The van der Waals surface area contributed by atoms with E-state index in [0.717, 1.165) is 12.8 Å². The highest BCUT2D eigenvalue weighted by atomic mass is 16.2. The van der Waals surface area contributed by atoms with Crippen LogP contribution in [0.4, 0.5) is 0 Å². The number of fused-ring (bicyclic) bond motifs is 2. The van der Waals surface area contributed by atoms with Gasteiger partial charge in [-0.3, -0.25) is 4.79 Å². The van der Waals surface area contributed by atoms with Gasteiger partial charge < -0.3 is 0 Å². The molecule has 2 aliphatic carbocycles. The van der Waals surface area contributed by atoms with Gasteiger partial charge in [0.1, 0.15) is 0 Å². The van der Waals surface area contributed by atoms with Crippen LogP contribution in [0.3, 0.4) is 0 Å². The van der Waals surface area contributed by atoms with Gasteiger partial charge in [0, 0.05) is 5.92 Å². The van der Waals surface area contributed by atoms with E-state index in [2.05, 4.69) is 17.1 Å². The highest BCUT2D eigenvalue weighted by Gasteiger charge is 2.39. The Morgan fingerprint density at radius 2 is 2.25 bits per heavy atom. The summed E-state index contributed by atoms with van der Waals surface area (Å²) in [6.45, 7) is 0. The maximum atomic E-state index is 11.2. The molecule has 3 heteroatoms. The van der Waals surface area contributed by atoms with Crippen molar-refractivity contribution in [2.45, 2.75) is 12.8 Å². The molecule has 3 atom stereocenters. The third-order valence-corrected chi connectivity index (χ3v) is 2.75. The third kappa shape index (κ3) is 1.03. The van der Waals surface area contributed by atoms with Crippen LogP contribution in [-0.4, -0.2) is 12.0 Å². The first-order valence-electron chi connectivity index (χ1n) is 4.11. The Kier molecular flexibility index (Phi) is 1.66. The zero-order valence-corrected chi connectivity index (χ0v) is 6.56. The lowest BCUT2D eigenvalue weighted by molar-refractivity contribution is -0.122. The molecule has 0 aliphatic heterocycles. The smallest absolute Gasteiger partial charge is 0.260 e. The van der Waals surface area contributed by atoms with Crippen LogP contribution in [-0.2, 0) is 9.59 Å². The Labute approximate surface area is 70.2 Å². The molecule has 0 saturated heterocycles. The second kappa shape index (κ2) is 2.68. The van der Waals surface area contributed by atoms with Crippen molar-refractivity contribution in [2.75, 3.05) is 0 Å². The molecular weight excluding hydrogens is 154 g/mol. The Hall–Kier alpha value is -1.21. The van der Waals surface area contributed by atoms with Crippen molar-refractivity contribution in [2.24, 2.45) is 22.7 Å². The lowest BCUT2D eigenvalue weighted by Crippen LogP contribution is -2.16. The van der Waals surface area contributed by atoms with Crippen LogP contribution in [0.5, 0.6) is 0 Å². The van der Waals surface area contributed by atoms with Crippen molar-refractivity contribution in [3.05, 3.63) is 12.2 Å². The van der Waals surface area contributed by atoms with E-state index in [-0.39, 0.29) is 11.8 Å². The Morgan fingerprint density at radius 3 is 2.75 bits per heavy atom. The summed E-state index contributed by atoms with van der Waals surface area (Å²) < 4.78 is 0. The minimum absolute atomic E-state index is 0.0403. The highest BCUT2D eigenvalue weighted by molar-refractivity contribution is 5.84. The normalized spacial score (nSPS) is 36.5. The summed E-state index contributed by atoms with van der Waals surface area (Å²) in [5, 5.41) is 0. The van der Waals surface area contributed by atoms with E-state index in [1.165, 1.54) is 6.08 Å². The molecule has 1 saturated carbocycles. The molecule has 12 heavy (non-hydrogen) atoms. The van der Waals surface area contributed by atoms with E-state index >= 15 is 0 Å². The number of hydrogen-bond acceptors (Lipinski definition) is 2. The molecule has 3 nitrogen and oxygen atoms in total. The Bertz CT molecular complexity index is 289. The van der Waals surface area contributed by atoms with Crippen LogP contribution >= 0.6 is 0 Å². The molecule has 2 bridgehead atoms. The first kappa shape index (κ1) is 7.44. The molecule has 0 N–H and O–H groups in total. The summed E-state index contributed by atoms with van der Waals surface area (Å²) >= 11 is 0. The molecule has 1 fully saturated rings. The van der Waals surface area contributed by atoms with Crippen LogP contribution < -0.4 is 0 Å². The number of rotatable bonds is 1. The zero-order chi connectivity index (χ0) is 8.55. The van der Waals surface area contributed by atoms with E-state index in [4.69, 9.17) is 0 Å². The summed E-state index contributed by atoms with van der Waals surface area (Å²) in [5.41, 5.74) is 0. The molecule has 1 amide bonds. The molecule has 0 spiro atoms. The topological polar surface area (TPSA) is 46.5 Å². The number of nitrogens with zero attached hydrogens (tertiary/aromatic N) is 1. The summed E-state index contributed by atoms with van der Waals surface area (Å²) in [5.74, 6) is 0.550. The standard InChI is InChI=1S/C9H9NO2/c11-5-10-9(12)8-4-6-1-2-7(8)3-6/h1-2,6-8H,3-4H2. The van der Waals surface area contributed by atoms with Crippen LogP contribution in [0.1, 0.15) is 12.8 Å². The molecule has 62 valence electrons. The van der Waals surface area contributed by atoms with Gasteiger partial charge in [0.15, 0.2) is 0 Å². The molecule has 3 unspecified atom stereocenters. The maximum absolute atomic E-state index is 11.2. The van der Waals surface area contributed by atoms with Crippen LogP contribution in [0.2, 0.25) is 0 Å². The van der Waals surface area contributed by atoms with Gasteiger partial charge in [0.2, 0.25) is 6.08 Å². The quantitative estimate of drug-likeness (QED) is 0.329. The average molecular weight is 163 g/mol. The average Bonchev–Trinajstić information content (AvgIpc) is 2.64. The van der Waals surface area contributed by atoms with E-state index in [1.54, 1.807) is 0 Å². The van der Waals surface area contributed by atoms with E-state index in [9.17, 15) is 9.59 Å². The monoisotopic (exact) mass is 163 g/mol. The molecule has 0 radical (unpaired) electrons. The van der Waals surface area contributed by atoms with Crippen LogP contribution in [0, 0.1) is 17.8 Å². The number of aliphatic imine (C=N–C) groups is 1. The fourth-order valence-electron chi connectivity index (χ4n) is 2.19. The molecule has 2 aliphatic rings. The number of hydrogen-bond donors (Lipinski definition) is 0. The minimum atomic E-state index is -0.290. The predicted molar refractivity (Wildman–Crippen MR) is 42.0 cm³/mol. The van der Waals surface area contributed by atoms with E-state index in [1.807, 2.05) is 0 Å². The van der Waals surface area contributed by atoms with Crippen molar-refractivity contribution in [3.63, 3.8) is 0 Å². The zero-order valence-electron chi connectivity index (χ0n) is 6.56. The fraction of sp³-hybridized carbons (Fsp3) is 0.556. The second-order valence-electron chi connectivity index (χ2n) is 3.43. The summed E-state index contributed by atoms with van der Waals surface area (Å²) in [7, 11) is 0. The van der Waals surface area contributed by atoms with Gasteiger partial charge in [0.25, 0.3) is 5.91 Å². The lowest BCUT2D eigenvalue weighted by Gasteiger charge is -2.11. The van der Waals surface area contributed by atoms with Gasteiger partial charge in [-0.2, -0.15) is 0 Å². The van der Waals surface area contributed by atoms with E-state index < -0.39 is 0 Å². The van der Waals surface area contributed by atoms with Gasteiger partial charge in [0.05, 0.1) is 0 Å². The molecule has 0 aromatic rings. The minimum Gasteiger partial charge on any atom is -0.271 e. The summed E-state index contributed by atoms with van der Waals surface area (Å²) in [6.07, 6.45) is 7.45. The van der Waals surface area contributed by atoms with Crippen molar-refractivity contribution in [3.8, 4) is 0 Å². The van der Waals surface area contributed by atoms with Crippen molar-refractivity contribution in [1.29, 1.82) is 0 Å². The number of isocyanates is 1. The Morgan fingerprint density at radius 1 is 1.42 bits per heavy atom. The van der Waals surface area contributed by atoms with Gasteiger partial charge in [-0.15, -0.1) is 4.99 Å². The van der Waals surface area contributed by atoms with Gasteiger partial charge in [-0.1, -0.05) is 12.2 Å². The first-order valence-corrected chi connectivity index (χ1v) is 4.11. The molecule has 2 rings (SSSR count). The van der Waals surface area contributed by atoms with Gasteiger partial charge in [-0.05, 0) is 24.7 Å². The largest absolute Gasteiger partial charge is 0.271 e. The van der Waals surface area contributed by atoms with Crippen LogP contribution in [0.15, 0.2) is 17.1 Å². The molecule has 0 aromatic heterocycles. The van der Waals surface area contributed by atoms with Crippen molar-refractivity contribution < 1.29 is 9.59 Å². The van der Waals surface area contributed by atoms with Crippen molar-refractivity contribution >= 4 is 12.0 Å². The maximum Gasteiger partial charge on any atom is 0.260 e. The molecule has 0 heterocycles. The summed E-state index contributed by atoms with van der Waals surface area (Å²) in [4.78, 5) is 24.2. The number of allylic oxidation sites excluding steroid dienone is 2. The number of carbonyl (C=O) groups excluding carboxylic acids is 2. The van der Waals surface area contributed by atoms with Gasteiger partial charge in [-0.25, -0.2) is 4.79 Å². The highest BCUT2D eigenvalue weighted by Crippen LogP contribution is 2.43. The van der Waals surface area contributed by atoms with E-state index in [0.29, 0.717) is 11.8 Å². The van der Waals surface area contributed by atoms with Crippen LogP contribution in [0.25, 0.3) is 0 Å². The van der Waals surface area contributed by atoms with Crippen molar-refractivity contribution in [1.82, 2.24) is 0 Å². The number of amides is 1. The number of carbonyl (C=O) groups is 1. The fourth-order valence-corrected chi connectivity index (χ4v) is 2.19. The Balaban J connectivity index is 2.12. The SMILES string of the molecule is O=C=NC(=O)C1CC2C=CC1C2. The molecule has 0 aromatic carbocycles. The third-order valence-electron chi connectivity index (χ3n) is 2.75.